The van der Waals surface area contributed by atoms with E-state index in [1.807, 2.05) is 12.3 Å². The van der Waals surface area contributed by atoms with Crippen LogP contribution in [0.25, 0.3) is 103 Å². The van der Waals surface area contributed by atoms with Gasteiger partial charge in [0.05, 0.1) is 16.6 Å². The first-order valence-corrected chi connectivity index (χ1v) is 25.7. The molecule has 0 radical (unpaired) electrons. The van der Waals surface area contributed by atoms with Crippen molar-refractivity contribution in [1.29, 1.82) is 0 Å². The van der Waals surface area contributed by atoms with Gasteiger partial charge in [0.25, 0.3) is 0 Å². The second kappa shape index (κ2) is 17.3. The fourth-order valence-corrected chi connectivity index (χ4v) is 11.8. The minimum absolute atomic E-state index is 0.982. The molecule has 0 aliphatic rings. The Balaban J connectivity index is 1.03. The minimum atomic E-state index is 0.982. The maximum atomic E-state index is 4.68. The summed E-state index contributed by atoms with van der Waals surface area (Å²) in [5.74, 6) is 0. The van der Waals surface area contributed by atoms with Crippen LogP contribution >= 0.6 is 0 Å². The Morgan fingerprint density at radius 1 is 0.267 bits per heavy atom. The summed E-state index contributed by atoms with van der Waals surface area (Å²) in [6.45, 7) is 0. The molecule has 2 heterocycles. The van der Waals surface area contributed by atoms with Gasteiger partial charge < -0.3 is 14.4 Å². The van der Waals surface area contributed by atoms with Crippen LogP contribution in [0.2, 0.25) is 0 Å². The van der Waals surface area contributed by atoms with Crippen LogP contribution in [0.3, 0.4) is 0 Å². The largest absolute Gasteiger partial charge is 0.310 e. The molecule has 0 unspecified atom stereocenters. The molecule has 15 aromatic rings. The van der Waals surface area contributed by atoms with Crippen LogP contribution in [-0.2, 0) is 0 Å². The van der Waals surface area contributed by atoms with Gasteiger partial charge in [-0.2, -0.15) is 0 Å². The van der Waals surface area contributed by atoms with Crippen LogP contribution in [0.5, 0.6) is 0 Å². The zero-order chi connectivity index (χ0) is 49.4. The number of aromatic nitrogens is 2. The van der Waals surface area contributed by atoms with Crippen LogP contribution < -0.4 is 9.80 Å². The van der Waals surface area contributed by atoms with Crippen molar-refractivity contribution in [2.24, 2.45) is 0 Å². The normalized spacial score (nSPS) is 11.7. The van der Waals surface area contributed by atoms with Gasteiger partial charge in [0, 0.05) is 62.2 Å². The van der Waals surface area contributed by atoms with Gasteiger partial charge in [0.2, 0.25) is 0 Å². The molecule has 4 nitrogen and oxygen atoms in total. The van der Waals surface area contributed by atoms with Crippen LogP contribution in [0.4, 0.5) is 34.1 Å². The molecule has 0 atom stereocenters. The van der Waals surface area contributed by atoms with E-state index in [1.165, 1.54) is 75.8 Å². The van der Waals surface area contributed by atoms with Crippen LogP contribution in [0.15, 0.2) is 279 Å². The van der Waals surface area contributed by atoms with E-state index in [4.69, 9.17) is 0 Å². The first-order chi connectivity index (χ1) is 37.2. The van der Waals surface area contributed by atoms with Crippen molar-refractivity contribution in [3.63, 3.8) is 0 Å². The maximum Gasteiger partial charge on any atom is 0.0703 e. The number of anilines is 6. The first kappa shape index (κ1) is 42.6. The number of pyridine rings is 1. The van der Waals surface area contributed by atoms with E-state index in [2.05, 4.69) is 286 Å². The molecule has 0 N–H and O–H groups in total. The molecular weight excluding hydrogens is 909 g/mol. The average molecular weight is 955 g/mol. The molecule has 0 amide bonds. The summed E-state index contributed by atoms with van der Waals surface area (Å²) in [4.78, 5) is 9.42. The Bertz CT molecular complexity index is 4620. The summed E-state index contributed by atoms with van der Waals surface area (Å²) in [6.07, 6.45) is 1.87. The summed E-state index contributed by atoms with van der Waals surface area (Å²) < 4.78 is 2.45. The molecule has 0 saturated carbocycles. The third kappa shape index (κ3) is 7.10. The molecule has 2 aromatic heterocycles. The molecule has 0 aliphatic carbocycles. The van der Waals surface area contributed by atoms with Gasteiger partial charge in [-0.1, -0.05) is 140 Å². The summed E-state index contributed by atoms with van der Waals surface area (Å²) in [5, 5.41) is 15.7. The van der Waals surface area contributed by atoms with E-state index < -0.39 is 0 Å². The van der Waals surface area contributed by atoms with Crippen molar-refractivity contribution in [1.82, 2.24) is 9.55 Å². The Morgan fingerprint density at radius 2 is 0.773 bits per heavy atom. The second-order valence-corrected chi connectivity index (χ2v) is 19.6. The van der Waals surface area contributed by atoms with Gasteiger partial charge in [-0.15, -0.1) is 0 Å². The van der Waals surface area contributed by atoms with E-state index in [0.717, 1.165) is 61.7 Å². The van der Waals surface area contributed by atoms with E-state index >= 15 is 0 Å². The zero-order valence-electron chi connectivity index (χ0n) is 40.8. The molecule has 0 aliphatic heterocycles. The third-order valence-electron chi connectivity index (χ3n) is 15.3. The van der Waals surface area contributed by atoms with E-state index in [9.17, 15) is 0 Å². The Morgan fingerprint density at radius 3 is 1.40 bits per heavy atom. The molecule has 0 fully saturated rings. The highest BCUT2D eigenvalue weighted by Gasteiger charge is 2.22. The fraction of sp³-hybridized carbons (Fsp3) is 0. The zero-order valence-corrected chi connectivity index (χ0v) is 40.8. The molecule has 75 heavy (non-hydrogen) atoms. The number of para-hydroxylation sites is 4. The minimum Gasteiger partial charge on any atom is -0.310 e. The summed E-state index contributed by atoms with van der Waals surface area (Å²) in [5.41, 5.74) is 13.4. The molecule has 0 spiro atoms. The number of hydrogen-bond acceptors (Lipinski definition) is 3. The lowest BCUT2D eigenvalue weighted by atomic mass is 9.90. The average Bonchev–Trinajstić information content (AvgIpc) is 3.93. The Labute approximate surface area is 433 Å². The molecule has 0 bridgehead atoms. The van der Waals surface area contributed by atoms with Gasteiger partial charge >= 0.3 is 0 Å². The van der Waals surface area contributed by atoms with Crippen molar-refractivity contribution in [3.05, 3.63) is 279 Å². The lowest BCUT2D eigenvalue weighted by Crippen LogP contribution is -2.10. The number of benzene rings is 13. The molecule has 15 rings (SSSR count). The molecule has 4 heteroatoms. The van der Waals surface area contributed by atoms with Gasteiger partial charge in [-0.3, -0.25) is 4.98 Å². The number of nitrogens with zero attached hydrogens (tertiary/aromatic N) is 4. The second-order valence-electron chi connectivity index (χ2n) is 19.6. The smallest absolute Gasteiger partial charge is 0.0703 e. The molecular formula is C71H46N4. The van der Waals surface area contributed by atoms with Gasteiger partial charge in [-0.25, -0.2) is 0 Å². The highest BCUT2D eigenvalue weighted by Crippen LogP contribution is 2.47. The van der Waals surface area contributed by atoms with Gasteiger partial charge in [0.15, 0.2) is 0 Å². The maximum absolute atomic E-state index is 4.68. The Kier molecular flexibility index (Phi) is 9.85. The number of fused-ring (bicyclic) bond motifs is 13. The highest BCUT2D eigenvalue weighted by molar-refractivity contribution is 6.31. The van der Waals surface area contributed by atoms with Crippen molar-refractivity contribution in [3.8, 4) is 16.8 Å². The highest BCUT2D eigenvalue weighted by atomic mass is 15.1. The fourth-order valence-electron chi connectivity index (χ4n) is 11.8. The lowest BCUT2D eigenvalue weighted by molar-refractivity contribution is 1.18. The monoisotopic (exact) mass is 954 g/mol. The van der Waals surface area contributed by atoms with Crippen molar-refractivity contribution in [2.75, 3.05) is 9.80 Å². The van der Waals surface area contributed by atoms with E-state index in [-0.39, 0.29) is 0 Å². The summed E-state index contributed by atoms with van der Waals surface area (Å²) in [7, 11) is 0. The number of rotatable bonds is 8. The van der Waals surface area contributed by atoms with Crippen molar-refractivity contribution < 1.29 is 0 Å². The van der Waals surface area contributed by atoms with Crippen molar-refractivity contribution >= 4 is 121 Å². The van der Waals surface area contributed by atoms with Crippen LogP contribution in [0, 0.1) is 0 Å². The predicted octanol–water partition coefficient (Wildman–Crippen LogP) is 19.7. The summed E-state index contributed by atoms with van der Waals surface area (Å²) >= 11 is 0. The first-order valence-electron chi connectivity index (χ1n) is 25.7. The standard InChI is InChI=1S/C71H46N4/c1-5-19-53(20-6-1)73(54-21-7-2-8-22-54)58-31-34-60-63-43-51-30-38-70-71(62(51)46-66(63)61-35-32-59(45-65(61)64(60)44-58)74(55-23-9-3-10-24-55)56-25-11-4-12-26-56)67-42-50(49-28-27-47-16-13-14-17-48(47)40-49)29-37-69(67)75(70)57-33-36-68-52(41-57)18-15-39-72-68/h1-46H. The third-order valence-corrected chi connectivity index (χ3v) is 15.3. The van der Waals surface area contributed by atoms with Gasteiger partial charge in [-0.05, 0) is 198 Å². The lowest BCUT2D eigenvalue weighted by Gasteiger charge is -2.27. The molecule has 0 saturated heterocycles. The SMILES string of the molecule is c1ccc(N(c2ccccc2)c2ccc3c(c2)c2cc(N(c4ccccc4)c4ccccc4)ccc2c2cc4c(ccc5c4c4cc(-c6ccc7ccccc7c6)ccc4n5-c4ccc5ncccc5c4)cc32)cc1. The quantitative estimate of drug-likeness (QED) is 0.112. The van der Waals surface area contributed by atoms with E-state index in [1.54, 1.807) is 0 Å². The Hall–Kier alpha value is -10.0. The topological polar surface area (TPSA) is 24.3 Å². The molecule has 350 valence electrons. The number of hydrogen-bond donors (Lipinski definition) is 0. The summed E-state index contributed by atoms with van der Waals surface area (Å²) in [6, 6.07) is 99.9. The van der Waals surface area contributed by atoms with Crippen molar-refractivity contribution in [2.45, 2.75) is 0 Å². The predicted molar refractivity (Wildman–Crippen MR) is 318 cm³/mol. The molecule has 13 aromatic carbocycles. The van der Waals surface area contributed by atoms with E-state index in [0.29, 0.717) is 0 Å². The van der Waals surface area contributed by atoms with Crippen LogP contribution in [0.1, 0.15) is 0 Å². The van der Waals surface area contributed by atoms with Crippen LogP contribution in [-0.4, -0.2) is 9.55 Å². The van der Waals surface area contributed by atoms with Gasteiger partial charge in [0.1, 0.15) is 0 Å².